The van der Waals surface area contributed by atoms with E-state index in [-0.39, 0.29) is 0 Å². The second-order valence-electron chi connectivity index (χ2n) is 5.57. The van der Waals surface area contributed by atoms with E-state index in [0.717, 1.165) is 32.5 Å². The molecule has 0 radical (unpaired) electrons. The first-order valence-corrected chi connectivity index (χ1v) is 8.51. The van der Waals surface area contributed by atoms with Gasteiger partial charge in [-0.3, -0.25) is 4.57 Å². The van der Waals surface area contributed by atoms with E-state index in [2.05, 4.69) is 25.9 Å². The molecule has 0 aliphatic rings. The van der Waals surface area contributed by atoms with Crippen LogP contribution in [-0.2, 0) is 6.54 Å². The minimum Gasteiger partial charge on any atom is -0.383 e. The second kappa shape index (κ2) is 6.27. The summed E-state index contributed by atoms with van der Waals surface area (Å²) in [5.41, 5.74) is 16.1. The van der Waals surface area contributed by atoms with E-state index < -0.39 is 0 Å². The van der Waals surface area contributed by atoms with E-state index in [1.54, 1.807) is 12.4 Å². The number of nitrogens with zero attached hydrogens (tertiary/aromatic N) is 4. The van der Waals surface area contributed by atoms with Crippen molar-refractivity contribution in [3.05, 3.63) is 64.9 Å². The Morgan fingerprint density at radius 1 is 1.08 bits per heavy atom. The quantitative estimate of drug-likeness (QED) is 0.555. The van der Waals surface area contributed by atoms with E-state index in [1.165, 1.54) is 0 Å². The van der Waals surface area contributed by atoms with E-state index >= 15 is 0 Å². The lowest BCUT2D eigenvalue weighted by molar-refractivity contribution is 1.04. The van der Waals surface area contributed by atoms with Gasteiger partial charge >= 0.3 is 0 Å². The first kappa shape index (κ1) is 15.7. The van der Waals surface area contributed by atoms with Crippen LogP contribution in [0, 0.1) is 0 Å². The summed E-state index contributed by atoms with van der Waals surface area (Å²) >= 11 is 3.45. The Morgan fingerprint density at radius 2 is 1.88 bits per heavy atom. The molecule has 3 aromatic heterocycles. The highest BCUT2D eigenvalue weighted by molar-refractivity contribution is 9.10. The molecule has 4 N–H and O–H groups in total. The van der Waals surface area contributed by atoms with Crippen LogP contribution < -0.4 is 11.5 Å². The summed E-state index contributed by atoms with van der Waals surface area (Å²) in [7, 11) is 0. The normalized spacial score (nSPS) is 11.1. The largest absolute Gasteiger partial charge is 0.383 e. The molecule has 0 atom stereocenters. The van der Waals surface area contributed by atoms with Gasteiger partial charge in [-0.1, -0.05) is 12.1 Å². The van der Waals surface area contributed by atoms with Gasteiger partial charge in [0.2, 0.25) is 0 Å². The van der Waals surface area contributed by atoms with Gasteiger partial charge in [-0.2, -0.15) is 0 Å². The molecule has 0 bridgehead atoms. The number of imidazole rings is 1. The smallest absolute Gasteiger partial charge is 0.165 e. The zero-order valence-corrected chi connectivity index (χ0v) is 14.8. The van der Waals surface area contributed by atoms with E-state index in [4.69, 9.17) is 16.5 Å². The molecule has 1 aromatic carbocycles. The predicted molar refractivity (Wildman–Crippen MR) is 102 cm³/mol. The minimum absolute atomic E-state index is 0.428. The predicted octanol–water partition coefficient (Wildman–Crippen LogP) is 3.29. The zero-order valence-electron chi connectivity index (χ0n) is 13.2. The Balaban J connectivity index is 2.03. The van der Waals surface area contributed by atoms with Crippen molar-refractivity contribution in [2.75, 3.05) is 5.73 Å². The summed E-state index contributed by atoms with van der Waals surface area (Å²) in [6.07, 6.45) is 3.42. The number of anilines is 1. The Morgan fingerprint density at radius 3 is 2.60 bits per heavy atom. The maximum atomic E-state index is 6.09. The maximum Gasteiger partial charge on any atom is 0.165 e. The number of nitrogens with two attached hydrogens (primary N) is 2. The maximum absolute atomic E-state index is 6.09. The highest BCUT2D eigenvalue weighted by atomic mass is 79.9. The summed E-state index contributed by atoms with van der Waals surface area (Å²) in [4.78, 5) is 13.5. The molecular weight excluding hydrogens is 380 g/mol. The molecule has 3 heterocycles. The van der Waals surface area contributed by atoms with Crippen LogP contribution in [0.3, 0.4) is 0 Å². The van der Waals surface area contributed by atoms with Crippen molar-refractivity contribution in [3.8, 4) is 17.1 Å². The first-order valence-electron chi connectivity index (χ1n) is 7.71. The summed E-state index contributed by atoms with van der Waals surface area (Å²) in [5, 5.41) is 0. The molecule has 4 aromatic rings. The molecule has 0 aliphatic carbocycles. The number of rotatable bonds is 3. The molecule has 0 saturated heterocycles. The number of hydrogen-bond donors (Lipinski definition) is 2. The molecule has 25 heavy (non-hydrogen) atoms. The van der Waals surface area contributed by atoms with Crippen LogP contribution in [0.2, 0.25) is 0 Å². The van der Waals surface area contributed by atoms with Crippen molar-refractivity contribution in [3.63, 3.8) is 0 Å². The monoisotopic (exact) mass is 394 g/mol. The fourth-order valence-electron chi connectivity index (χ4n) is 2.75. The van der Waals surface area contributed by atoms with Crippen molar-refractivity contribution in [1.29, 1.82) is 0 Å². The van der Waals surface area contributed by atoms with E-state index in [0.29, 0.717) is 18.2 Å². The van der Waals surface area contributed by atoms with Gasteiger partial charge in [0.1, 0.15) is 11.3 Å². The second-order valence-corrected chi connectivity index (χ2v) is 6.49. The number of aromatic nitrogens is 4. The molecule has 0 aliphatic heterocycles. The van der Waals surface area contributed by atoms with Gasteiger partial charge in [0.15, 0.2) is 11.5 Å². The van der Waals surface area contributed by atoms with Crippen molar-refractivity contribution in [2.45, 2.75) is 6.54 Å². The lowest BCUT2D eigenvalue weighted by Crippen LogP contribution is -2.02. The standard InChI is InChI=1S/C18H15BrN6/c19-12-8-15-18(23-10-12)25(13-5-3-11(9-20)4-6-13)17(24-15)14-2-1-7-22-16(14)21/h1-8,10H,9,20H2,(H2,21,22). The summed E-state index contributed by atoms with van der Waals surface area (Å²) in [6.45, 7) is 0.499. The van der Waals surface area contributed by atoms with Crippen LogP contribution >= 0.6 is 15.9 Å². The van der Waals surface area contributed by atoms with Crippen LogP contribution in [0.25, 0.3) is 28.2 Å². The number of halogens is 1. The number of pyridine rings is 2. The fourth-order valence-corrected chi connectivity index (χ4v) is 3.07. The molecule has 7 heteroatoms. The van der Waals surface area contributed by atoms with Gasteiger partial charge < -0.3 is 11.5 Å². The highest BCUT2D eigenvalue weighted by Gasteiger charge is 2.17. The average Bonchev–Trinajstić information content (AvgIpc) is 3.00. The van der Waals surface area contributed by atoms with Gasteiger partial charge in [0, 0.05) is 29.1 Å². The Kier molecular flexibility index (Phi) is 3.95. The number of nitrogen functional groups attached to an aromatic ring is 1. The van der Waals surface area contributed by atoms with Gasteiger partial charge in [-0.05, 0) is 51.8 Å². The summed E-state index contributed by atoms with van der Waals surface area (Å²) < 4.78 is 2.85. The zero-order chi connectivity index (χ0) is 17.4. The van der Waals surface area contributed by atoms with Gasteiger partial charge in [-0.25, -0.2) is 15.0 Å². The number of hydrogen-bond acceptors (Lipinski definition) is 5. The van der Waals surface area contributed by atoms with Crippen LogP contribution in [-0.4, -0.2) is 19.5 Å². The van der Waals surface area contributed by atoms with Crippen LogP contribution in [0.5, 0.6) is 0 Å². The minimum atomic E-state index is 0.428. The highest BCUT2D eigenvalue weighted by Crippen LogP contribution is 2.31. The van der Waals surface area contributed by atoms with Gasteiger partial charge in [0.05, 0.1) is 5.56 Å². The molecule has 6 nitrogen and oxygen atoms in total. The summed E-state index contributed by atoms with van der Waals surface area (Å²) in [5.74, 6) is 1.13. The third kappa shape index (κ3) is 2.77. The molecule has 0 saturated carbocycles. The number of fused-ring (bicyclic) bond motifs is 1. The van der Waals surface area contributed by atoms with E-state index in [9.17, 15) is 0 Å². The summed E-state index contributed by atoms with van der Waals surface area (Å²) in [6, 6.07) is 13.7. The van der Waals surface area contributed by atoms with Gasteiger partial charge in [-0.15, -0.1) is 0 Å². The first-order chi connectivity index (χ1) is 12.2. The van der Waals surface area contributed by atoms with Crippen LogP contribution in [0.15, 0.2) is 59.3 Å². The third-order valence-corrected chi connectivity index (χ3v) is 4.41. The molecule has 0 fully saturated rings. The van der Waals surface area contributed by atoms with E-state index in [1.807, 2.05) is 47.0 Å². The molecule has 0 amide bonds. The van der Waals surface area contributed by atoms with Crippen molar-refractivity contribution in [2.24, 2.45) is 5.73 Å². The molecule has 0 spiro atoms. The van der Waals surface area contributed by atoms with Crippen LogP contribution in [0.4, 0.5) is 5.82 Å². The molecular formula is C18H15BrN6. The Bertz CT molecular complexity index is 1060. The molecule has 124 valence electrons. The number of benzene rings is 1. The van der Waals surface area contributed by atoms with Crippen molar-refractivity contribution in [1.82, 2.24) is 19.5 Å². The molecule has 4 rings (SSSR count). The fraction of sp³-hybridized carbons (Fsp3) is 0.0556. The molecule has 0 unspecified atom stereocenters. The van der Waals surface area contributed by atoms with Gasteiger partial charge in [0.25, 0.3) is 0 Å². The van der Waals surface area contributed by atoms with Crippen molar-refractivity contribution < 1.29 is 0 Å². The average molecular weight is 395 g/mol. The topological polar surface area (TPSA) is 95.6 Å². The third-order valence-electron chi connectivity index (χ3n) is 3.97. The lowest BCUT2D eigenvalue weighted by Gasteiger charge is -2.10. The lowest BCUT2D eigenvalue weighted by atomic mass is 10.2. The Labute approximate surface area is 152 Å². The SMILES string of the molecule is NCc1ccc(-n2c(-c3cccnc3N)nc3cc(Br)cnc32)cc1. The van der Waals surface area contributed by atoms with Crippen molar-refractivity contribution >= 4 is 32.9 Å². The van der Waals surface area contributed by atoms with Crippen LogP contribution in [0.1, 0.15) is 5.56 Å². The Hall–Kier alpha value is -2.77.